The lowest BCUT2D eigenvalue weighted by Gasteiger charge is -2.36. The first-order valence-electron chi connectivity index (χ1n) is 6.04. The fraction of sp³-hybridized carbons (Fsp3) is 0.538. The Morgan fingerprint density at radius 3 is 2.89 bits per heavy atom. The van der Waals surface area contributed by atoms with Crippen molar-refractivity contribution in [3.63, 3.8) is 0 Å². The highest BCUT2D eigenvalue weighted by Crippen LogP contribution is 2.22. The summed E-state index contributed by atoms with van der Waals surface area (Å²) in [6.07, 6.45) is 3.15. The van der Waals surface area contributed by atoms with Crippen LogP contribution in [0, 0.1) is 6.92 Å². The Hall–Kier alpha value is -1.13. The second-order valence-corrected chi connectivity index (χ2v) is 4.93. The predicted octanol–water partition coefficient (Wildman–Crippen LogP) is 1.91. The van der Waals surface area contributed by atoms with Crippen LogP contribution in [0.4, 0.5) is 0 Å². The largest absolute Gasteiger partial charge is 0.381 e. The SMILES string of the molecule is Cc1cc(C(=O)NC2(CCl)CCOCC2)ccn1. The van der Waals surface area contributed by atoms with Crippen LogP contribution in [0.5, 0.6) is 0 Å². The minimum Gasteiger partial charge on any atom is -0.381 e. The third-order valence-corrected chi connectivity index (χ3v) is 3.75. The lowest BCUT2D eigenvalue weighted by Crippen LogP contribution is -2.53. The van der Waals surface area contributed by atoms with Crippen molar-refractivity contribution in [2.45, 2.75) is 25.3 Å². The Bertz CT molecular complexity index is 431. The van der Waals surface area contributed by atoms with Crippen LogP contribution in [0.3, 0.4) is 0 Å². The molecule has 1 aromatic heterocycles. The van der Waals surface area contributed by atoms with Crippen molar-refractivity contribution in [2.24, 2.45) is 0 Å². The molecule has 1 aliphatic heterocycles. The highest BCUT2D eigenvalue weighted by Gasteiger charge is 2.33. The van der Waals surface area contributed by atoms with Crippen molar-refractivity contribution in [3.8, 4) is 0 Å². The van der Waals surface area contributed by atoms with Gasteiger partial charge in [-0.3, -0.25) is 9.78 Å². The maximum absolute atomic E-state index is 12.2. The Balaban J connectivity index is 2.10. The van der Waals surface area contributed by atoms with Crippen molar-refractivity contribution in [3.05, 3.63) is 29.6 Å². The van der Waals surface area contributed by atoms with Crippen LogP contribution >= 0.6 is 11.6 Å². The minimum atomic E-state index is -0.339. The van der Waals surface area contributed by atoms with Gasteiger partial charge in [0.05, 0.1) is 5.54 Å². The van der Waals surface area contributed by atoms with E-state index in [0.717, 1.165) is 18.5 Å². The monoisotopic (exact) mass is 268 g/mol. The van der Waals surface area contributed by atoms with E-state index in [9.17, 15) is 4.79 Å². The van der Waals surface area contributed by atoms with Gasteiger partial charge in [-0.05, 0) is 31.9 Å². The first-order valence-corrected chi connectivity index (χ1v) is 6.58. The topological polar surface area (TPSA) is 51.2 Å². The first kappa shape index (κ1) is 13.3. The third-order valence-electron chi connectivity index (χ3n) is 3.24. The quantitative estimate of drug-likeness (QED) is 0.852. The summed E-state index contributed by atoms with van der Waals surface area (Å²) in [5.41, 5.74) is 1.11. The molecule has 1 aromatic rings. The number of hydrogen-bond acceptors (Lipinski definition) is 3. The summed E-state index contributed by atoms with van der Waals surface area (Å²) >= 11 is 6.02. The number of alkyl halides is 1. The average Bonchev–Trinajstić information content (AvgIpc) is 2.40. The Morgan fingerprint density at radius 2 is 2.28 bits per heavy atom. The number of aryl methyl sites for hydroxylation is 1. The van der Waals surface area contributed by atoms with Crippen LogP contribution in [-0.4, -0.2) is 35.5 Å². The molecule has 98 valence electrons. The van der Waals surface area contributed by atoms with E-state index < -0.39 is 0 Å². The molecule has 0 radical (unpaired) electrons. The van der Waals surface area contributed by atoms with Crippen molar-refractivity contribution in [1.82, 2.24) is 10.3 Å². The van der Waals surface area contributed by atoms with Gasteiger partial charge in [-0.15, -0.1) is 11.6 Å². The van der Waals surface area contributed by atoms with Crippen molar-refractivity contribution < 1.29 is 9.53 Å². The molecule has 2 heterocycles. The van der Waals surface area contributed by atoms with Gasteiger partial charge < -0.3 is 10.1 Å². The van der Waals surface area contributed by atoms with Gasteiger partial charge in [0.1, 0.15) is 0 Å². The molecular weight excluding hydrogens is 252 g/mol. The Labute approximate surface area is 112 Å². The predicted molar refractivity (Wildman–Crippen MR) is 69.9 cm³/mol. The number of nitrogens with one attached hydrogen (secondary N) is 1. The molecule has 18 heavy (non-hydrogen) atoms. The molecule has 0 aromatic carbocycles. The molecule has 0 spiro atoms. The number of aromatic nitrogens is 1. The van der Waals surface area contributed by atoms with Crippen LogP contribution in [-0.2, 0) is 4.74 Å². The highest BCUT2D eigenvalue weighted by atomic mass is 35.5. The normalized spacial score (nSPS) is 18.3. The first-order chi connectivity index (χ1) is 8.65. The third kappa shape index (κ3) is 3.00. The average molecular weight is 269 g/mol. The van der Waals surface area contributed by atoms with E-state index in [1.807, 2.05) is 6.92 Å². The molecule has 1 fully saturated rings. The van der Waals surface area contributed by atoms with E-state index in [-0.39, 0.29) is 11.4 Å². The molecule has 0 saturated carbocycles. The Morgan fingerprint density at radius 1 is 1.56 bits per heavy atom. The zero-order chi connectivity index (χ0) is 13.0. The molecule has 1 N–H and O–H groups in total. The number of ether oxygens (including phenoxy) is 1. The summed E-state index contributed by atoms with van der Waals surface area (Å²) in [6, 6.07) is 3.49. The van der Waals surface area contributed by atoms with Crippen LogP contribution in [0.2, 0.25) is 0 Å². The number of pyridine rings is 1. The smallest absolute Gasteiger partial charge is 0.251 e. The van der Waals surface area contributed by atoms with Gasteiger partial charge >= 0.3 is 0 Å². The van der Waals surface area contributed by atoms with Crippen molar-refractivity contribution >= 4 is 17.5 Å². The minimum absolute atomic E-state index is 0.0944. The molecule has 1 aliphatic rings. The fourth-order valence-corrected chi connectivity index (χ4v) is 2.39. The number of rotatable bonds is 3. The highest BCUT2D eigenvalue weighted by molar-refractivity contribution is 6.19. The molecule has 5 heteroatoms. The maximum atomic E-state index is 12.2. The van der Waals surface area contributed by atoms with E-state index in [1.165, 1.54) is 0 Å². The number of hydrogen-bond donors (Lipinski definition) is 1. The van der Waals surface area contributed by atoms with Gasteiger partial charge in [0.25, 0.3) is 5.91 Å². The molecule has 0 aliphatic carbocycles. The molecule has 1 saturated heterocycles. The summed E-state index contributed by atoms with van der Waals surface area (Å²) in [6.45, 7) is 3.15. The second kappa shape index (κ2) is 5.67. The second-order valence-electron chi connectivity index (χ2n) is 4.67. The summed E-state index contributed by atoms with van der Waals surface area (Å²) < 4.78 is 5.31. The molecule has 0 bridgehead atoms. The summed E-state index contributed by atoms with van der Waals surface area (Å²) in [7, 11) is 0. The molecule has 1 amide bonds. The van der Waals surface area contributed by atoms with Gasteiger partial charge in [-0.2, -0.15) is 0 Å². The van der Waals surface area contributed by atoms with E-state index in [2.05, 4.69) is 10.3 Å². The van der Waals surface area contributed by atoms with Gasteiger partial charge in [0.15, 0.2) is 0 Å². The van der Waals surface area contributed by atoms with Crippen LogP contribution < -0.4 is 5.32 Å². The number of halogens is 1. The lowest BCUT2D eigenvalue weighted by atomic mass is 9.92. The zero-order valence-corrected chi connectivity index (χ0v) is 11.2. The van der Waals surface area contributed by atoms with Crippen LogP contribution in [0.25, 0.3) is 0 Å². The van der Waals surface area contributed by atoms with Crippen LogP contribution in [0.1, 0.15) is 28.9 Å². The van der Waals surface area contributed by atoms with E-state index >= 15 is 0 Å². The van der Waals surface area contributed by atoms with E-state index in [0.29, 0.717) is 24.7 Å². The van der Waals surface area contributed by atoms with Gasteiger partial charge in [-0.25, -0.2) is 0 Å². The Kier molecular flexibility index (Phi) is 4.19. The van der Waals surface area contributed by atoms with Gasteiger partial charge in [0, 0.05) is 36.5 Å². The van der Waals surface area contributed by atoms with Crippen molar-refractivity contribution in [2.75, 3.05) is 19.1 Å². The van der Waals surface area contributed by atoms with Gasteiger partial charge in [-0.1, -0.05) is 0 Å². The molecule has 0 unspecified atom stereocenters. The van der Waals surface area contributed by atoms with Crippen LogP contribution in [0.15, 0.2) is 18.3 Å². The van der Waals surface area contributed by atoms with E-state index in [1.54, 1.807) is 18.3 Å². The molecule has 0 atom stereocenters. The number of carbonyl (C=O) groups is 1. The summed E-state index contributed by atoms with van der Waals surface area (Å²) in [5, 5.41) is 3.05. The number of nitrogens with zero attached hydrogens (tertiary/aromatic N) is 1. The zero-order valence-electron chi connectivity index (χ0n) is 10.4. The molecule has 2 rings (SSSR count). The summed E-state index contributed by atoms with van der Waals surface area (Å²) in [4.78, 5) is 16.3. The maximum Gasteiger partial charge on any atom is 0.251 e. The summed E-state index contributed by atoms with van der Waals surface area (Å²) in [5.74, 6) is 0.314. The standard InChI is InChI=1S/C13H17ClN2O2/c1-10-8-11(2-5-15-10)12(17)16-13(9-14)3-6-18-7-4-13/h2,5,8H,3-4,6-7,9H2,1H3,(H,16,17). The lowest BCUT2D eigenvalue weighted by molar-refractivity contribution is 0.0433. The van der Waals surface area contributed by atoms with Crippen molar-refractivity contribution in [1.29, 1.82) is 0 Å². The number of carbonyl (C=O) groups excluding carboxylic acids is 1. The molecule has 4 nitrogen and oxygen atoms in total. The molecular formula is C13H17ClN2O2. The number of amides is 1. The fourth-order valence-electron chi connectivity index (χ4n) is 2.05. The van der Waals surface area contributed by atoms with E-state index in [4.69, 9.17) is 16.3 Å². The van der Waals surface area contributed by atoms with Gasteiger partial charge in [0.2, 0.25) is 0 Å².